The van der Waals surface area contributed by atoms with Gasteiger partial charge in [-0.05, 0) is 37.5 Å². The van der Waals surface area contributed by atoms with Crippen LogP contribution in [-0.2, 0) is 4.74 Å². The first kappa shape index (κ1) is 25.2. The van der Waals surface area contributed by atoms with Gasteiger partial charge in [0.2, 0.25) is 5.89 Å². The van der Waals surface area contributed by atoms with E-state index in [2.05, 4.69) is 25.1 Å². The van der Waals surface area contributed by atoms with Crippen LogP contribution in [0.4, 0.5) is 22.5 Å². The number of ether oxygens (including phenoxy) is 1. The van der Waals surface area contributed by atoms with Crippen LogP contribution in [0.25, 0.3) is 21.8 Å². The van der Waals surface area contributed by atoms with E-state index >= 15 is 0 Å². The van der Waals surface area contributed by atoms with Crippen molar-refractivity contribution < 1.29 is 13.9 Å². The smallest absolute Gasteiger partial charge is 0.277 e. The highest BCUT2D eigenvalue weighted by Crippen LogP contribution is 2.35. The zero-order valence-electron chi connectivity index (χ0n) is 20.1. The molecule has 0 spiro atoms. The summed E-state index contributed by atoms with van der Waals surface area (Å²) in [6, 6.07) is 5.35. The number of amides is 1. The molecule has 3 N–H and O–H groups in total. The number of anilines is 4. The molecule has 6 heterocycles. The molecule has 0 bridgehead atoms. The lowest BCUT2D eigenvalue weighted by atomic mass is 10.1. The summed E-state index contributed by atoms with van der Waals surface area (Å²) in [7, 11) is 0. The van der Waals surface area contributed by atoms with Gasteiger partial charge in [-0.25, -0.2) is 15.0 Å². The van der Waals surface area contributed by atoms with Crippen LogP contribution < -0.4 is 20.9 Å². The van der Waals surface area contributed by atoms with Crippen molar-refractivity contribution in [3.05, 3.63) is 36.4 Å². The van der Waals surface area contributed by atoms with Crippen LogP contribution in [-0.4, -0.2) is 65.2 Å². The number of aromatic nitrogens is 4. The second-order valence-corrected chi connectivity index (χ2v) is 9.80. The highest BCUT2D eigenvalue weighted by Gasteiger charge is 2.23. The molecule has 0 radical (unpaired) electrons. The number of nitrogens with one attached hydrogen (secondary N) is 1. The summed E-state index contributed by atoms with van der Waals surface area (Å²) in [4.78, 5) is 35.7. The zero-order valence-corrected chi connectivity index (χ0v) is 21.7. The van der Waals surface area contributed by atoms with Crippen molar-refractivity contribution >= 4 is 62.5 Å². The molecule has 0 aliphatic carbocycles. The number of carbonyl (C=O) groups is 1. The van der Waals surface area contributed by atoms with E-state index < -0.39 is 0 Å². The van der Waals surface area contributed by atoms with Crippen molar-refractivity contribution in [1.82, 2.24) is 19.9 Å². The van der Waals surface area contributed by atoms with Gasteiger partial charge in [-0.2, -0.15) is 4.98 Å². The van der Waals surface area contributed by atoms with Gasteiger partial charge in [-0.1, -0.05) is 11.3 Å². The lowest BCUT2D eigenvalue weighted by molar-refractivity contribution is 0.102. The summed E-state index contributed by atoms with van der Waals surface area (Å²) in [5.41, 5.74) is 7.92. The van der Waals surface area contributed by atoms with Crippen molar-refractivity contribution in [2.75, 3.05) is 60.2 Å². The maximum absolute atomic E-state index is 13.2. The number of oxazole rings is 1. The van der Waals surface area contributed by atoms with Gasteiger partial charge in [0, 0.05) is 37.9 Å². The minimum atomic E-state index is -0.371. The van der Waals surface area contributed by atoms with E-state index in [1.807, 2.05) is 6.07 Å². The Bertz CT molecular complexity index is 1400. The molecular formula is C24H27ClN8O3S. The number of hydrogen-bond donors (Lipinski definition) is 2. The highest BCUT2D eigenvalue weighted by atomic mass is 35.5. The van der Waals surface area contributed by atoms with Gasteiger partial charge in [0.1, 0.15) is 12.1 Å². The third-order valence-corrected chi connectivity index (χ3v) is 7.35. The van der Waals surface area contributed by atoms with Gasteiger partial charge in [0.15, 0.2) is 22.3 Å². The number of nitrogens with zero attached hydrogens (tertiary/aromatic N) is 6. The van der Waals surface area contributed by atoms with Crippen LogP contribution in [0.1, 0.15) is 29.8 Å². The summed E-state index contributed by atoms with van der Waals surface area (Å²) in [6.07, 6.45) is 6.28. The minimum absolute atomic E-state index is 0. The number of rotatable bonds is 5. The topological polar surface area (TPSA) is 136 Å². The fourth-order valence-corrected chi connectivity index (χ4v) is 5.45. The van der Waals surface area contributed by atoms with Gasteiger partial charge >= 0.3 is 0 Å². The second kappa shape index (κ2) is 10.9. The van der Waals surface area contributed by atoms with E-state index in [9.17, 15) is 4.79 Å². The van der Waals surface area contributed by atoms with Crippen LogP contribution in [0.2, 0.25) is 0 Å². The number of hydrogen-bond acceptors (Lipinski definition) is 11. The SMILES string of the molecule is Cl.Nc1cc(-c2nc(C(=O)Nc3cc4sc(N5CCOCC5)nc4nc3N3CCCCC3)co2)ccn1. The molecule has 194 valence electrons. The molecule has 2 fully saturated rings. The Morgan fingerprint density at radius 1 is 1.03 bits per heavy atom. The van der Waals surface area contributed by atoms with Crippen molar-refractivity contribution in [2.45, 2.75) is 19.3 Å². The zero-order chi connectivity index (χ0) is 24.5. The number of piperidine rings is 1. The fraction of sp³-hybridized carbons (Fsp3) is 0.375. The van der Waals surface area contributed by atoms with Crippen molar-refractivity contribution in [1.29, 1.82) is 0 Å². The van der Waals surface area contributed by atoms with Crippen LogP contribution in [0.5, 0.6) is 0 Å². The third kappa shape index (κ3) is 5.31. The first-order valence-electron chi connectivity index (χ1n) is 12.0. The molecule has 11 nitrogen and oxygen atoms in total. The van der Waals surface area contributed by atoms with E-state index in [0.29, 0.717) is 41.8 Å². The van der Waals surface area contributed by atoms with Crippen LogP contribution in [0.15, 0.2) is 35.1 Å². The Balaban J connectivity index is 0.00000280. The number of thiazole rings is 1. The van der Waals surface area contributed by atoms with E-state index in [4.69, 9.17) is 24.9 Å². The standard InChI is InChI=1S/C24H26N8O3S.ClH/c25-19-12-15(4-5-26-19)23-28-17(14-35-23)22(33)27-16-13-18-20(29-21(16)31-6-2-1-3-7-31)30-24(36-18)32-8-10-34-11-9-32;/h4-5,12-14H,1-3,6-11H2,(H2,25,26)(H,27,33);1H. The summed E-state index contributed by atoms with van der Waals surface area (Å²) in [5, 5.41) is 3.95. The molecule has 0 unspecified atom stereocenters. The number of carbonyl (C=O) groups excluding carboxylic acids is 1. The molecule has 37 heavy (non-hydrogen) atoms. The molecule has 13 heteroatoms. The molecular weight excluding hydrogens is 516 g/mol. The summed E-state index contributed by atoms with van der Waals surface area (Å²) in [5.74, 6) is 1.02. The molecule has 2 aliphatic rings. The maximum Gasteiger partial charge on any atom is 0.277 e. The van der Waals surface area contributed by atoms with Gasteiger partial charge in [-0.15, -0.1) is 12.4 Å². The first-order valence-corrected chi connectivity index (χ1v) is 12.8. The fourth-order valence-electron chi connectivity index (χ4n) is 4.45. The van der Waals surface area contributed by atoms with Crippen molar-refractivity contribution in [3.63, 3.8) is 0 Å². The average Bonchev–Trinajstić information content (AvgIpc) is 3.57. The van der Waals surface area contributed by atoms with Gasteiger partial charge in [0.05, 0.1) is 23.6 Å². The third-order valence-electron chi connectivity index (χ3n) is 6.30. The number of morpholine rings is 1. The monoisotopic (exact) mass is 542 g/mol. The molecule has 2 aliphatic heterocycles. The minimum Gasteiger partial charge on any atom is -0.444 e. The van der Waals surface area contributed by atoms with Crippen molar-refractivity contribution in [2.24, 2.45) is 0 Å². The Labute approximate surface area is 223 Å². The maximum atomic E-state index is 13.2. The lowest BCUT2D eigenvalue weighted by Gasteiger charge is -2.29. The molecule has 4 aromatic rings. The predicted molar refractivity (Wildman–Crippen MR) is 146 cm³/mol. The largest absolute Gasteiger partial charge is 0.444 e. The van der Waals surface area contributed by atoms with E-state index in [0.717, 1.165) is 54.7 Å². The number of nitrogens with two attached hydrogens (primary N) is 1. The molecule has 0 atom stereocenters. The summed E-state index contributed by atoms with van der Waals surface area (Å²) < 4.78 is 11.9. The Morgan fingerprint density at radius 2 is 1.84 bits per heavy atom. The van der Waals surface area contributed by atoms with Crippen LogP contribution in [0.3, 0.4) is 0 Å². The van der Waals surface area contributed by atoms with Crippen LogP contribution >= 0.6 is 23.7 Å². The van der Waals surface area contributed by atoms with E-state index in [-0.39, 0.29) is 24.0 Å². The Morgan fingerprint density at radius 3 is 2.62 bits per heavy atom. The average molecular weight is 543 g/mol. The van der Waals surface area contributed by atoms with Gasteiger partial charge in [0.25, 0.3) is 5.91 Å². The molecule has 4 aromatic heterocycles. The van der Waals surface area contributed by atoms with E-state index in [1.165, 1.54) is 12.7 Å². The van der Waals surface area contributed by atoms with Gasteiger partial charge in [-0.3, -0.25) is 4.79 Å². The molecule has 1 amide bonds. The Kier molecular flexibility index (Phi) is 7.40. The first-order chi connectivity index (χ1) is 17.6. The van der Waals surface area contributed by atoms with E-state index in [1.54, 1.807) is 29.7 Å². The predicted octanol–water partition coefficient (Wildman–Crippen LogP) is 3.82. The number of fused-ring (bicyclic) bond motifs is 1. The molecule has 0 aromatic carbocycles. The number of nitrogen functional groups attached to an aromatic ring is 1. The van der Waals surface area contributed by atoms with Crippen LogP contribution in [0, 0.1) is 0 Å². The molecule has 6 rings (SSSR count). The molecule has 0 saturated carbocycles. The summed E-state index contributed by atoms with van der Waals surface area (Å²) in [6.45, 7) is 4.77. The number of pyridine rings is 2. The molecule has 2 saturated heterocycles. The van der Waals surface area contributed by atoms with Crippen molar-refractivity contribution in [3.8, 4) is 11.5 Å². The number of halogens is 1. The lowest BCUT2D eigenvalue weighted by Crippen LogP contribution is -2.36. The second-order valence-electron chi connectivity index (χ2n) is 8.79. The highest BCUT2D eigenvalue weighted by molar-refractivity contribution is 7.22. The van der Waals surface area contributed by atoms with Gasteiger partial charge < -0.3 is 30.0 Å². The summed E-state index contributed by atoms with van der Waals surface area (Å²) >= 11 is 1.57. The normalized spacial score (nSPS) is 16.0. The Hall–Kier alpha value is -3.48. The quantitative estimate of drug-likeness (QED) is 0.383.